The first-order chi connectivity index (χ1) is 8.84. The number of hydrogen-bond acceptors (Lipinski definition) is 2. The Kier molecular flexibility index (Phi) is 3.67. The van der Waals surface area contributed by atoms with Crippen LogP contribution in [0.4, 0.5) is 0 Å². The molecule has 0 aliphatic heterocycles. The van der Waals surface area contributed by atoms with Crippen LogP contribution >= 0.6 is 0 Å². The second-order valence-corrected chi connectivity index (χ2v) is 5.81. The number of nitrogens with one attached hydrogen (secondary N) is 1. The molecule has 0 saturated heterocycles. The fourth-order valence-electron chi connectivity index (χ4n) is 3.51. The molecule has 98 valence electrons. The molecule has 1 aromatic carbocycles. The largest absolute Gasteiger partial charge is 0.393 e. The van der Waals surface area contributed by atoms with Gasteiger partial charge in [0, 0.05) is 12.6 Å². The summed E-state index contributed by atoms with van der Waals surface area (Å²) >= 11 is 0. The number of rotatable bonds is 3. The summed E-state index contributed by atoms with van der Waals surface area (Å²) in [7, 11) is 0. The Morgan fingerprint density at radius 2 is 2.00 bits per heavy atom. The zero-order valence-electron chi connectivity index (χ0n) is 10.9. The Morgan fingerprint density at radius 3 is 2.83 bits per heavy atom. The maximum absolute atomic E-state index is 9.87. The number of aliphatic hydroxyl groups excluding tert-OH is 1. The average molecular weight is 245 g/mol. The third kappa shape index (κ3) is 2.45. The van der Waals surface area contributed by atoms with E-state index in [1.807, 2.05) is 0 Å². The normalized spacial score (nSPS) is 31.3. The number of aliphatic hydroxyl groups is 1. The molecule has 2 aliphatic carbocycles. The lowest BCUT2D eigenvalue weighted by Crippen LogP contribution is -2.32. The van der Waals surface area contributed by atoms with Gasteiger partial charge in [-0.1, -0.05) is 30.7 Å². The van der Waals surface area contributed by atoms with Crippen LogP contribution in [0.2, 0.25) is 0 Å². The van der Waals surface area contributed by atoms with Crippen molar-refractivity contribution in [1.82, 2.24) is 5.32 Å². The summed E-state index contributed by atoms with van der Waals surface area (Å²) in [4.78, 5) is 0. The van der Waals surface area contributed by atoms with Crippen molar-refractivity contribution in [2.75, 3.05) is 6.54 Å². The number of aryl methyl sites for hydroxylation is 1. The monoisotopic (exact) mass is 245 g/mol. The first-order valence-electron chi connectivity index (χ1n) is 7.34. The molecule has 2 heteroatoms. The van der Waals surface area contributed by atoms with Crippen molar-refractivity contribution in [3.63, 3.8) is 0 Å². The zero-order chi connectivity index (χ0) is 12.4. The topological polar surface area (TPSA) is 32.3 Å². The summed E-state index contributed by atoms with van der Waals surface area (Å²) in [5, 5.41) is 13.6. The van der Waals surface area contributed by atoms with Crippen LogP contribution < -0.4 is 5.32 Å². The van der Waals surface area contributed by atoms with Crippen LogP contribution in [-0.2, 0) is 6.42 Å². The van der Waals surface area contributed by atoms with Gasteiger partial charge in [-0.25, -0.2) is 0 Å². The lowest BCUT2D eigenvalue weighted by atomic mass is 9.87. The molecule has 2 N–H and O–H groups in total. The van der Waals surface area contributed by atoms with Gasteiger partial charge in [-0.15, -0.1) is 0 Å². The van der Waals surface area contributed by atoms with Crippen molar-refractivity contribution in [3.8, 4) is 0 Å². The quantitative estimate of drug-likeness (QED) is 0.858. The lowest BCUT2D eigenvalue weighted by Gasteiger charge is -2.28. The fraction of sp³-hybridized carbons (Fsp3) is 0.625. The van der Waals surface area contributed by atoms with Crippen molar-refractivity contribution in [1.29, 1.82) is 0 Å². The molecule has 1 aromatic rings. The van der Waals surface area contributed by atoms with Crippen LogP contribution in [0.5, 0.6) is 0 Å². The standard InChI is InChI=1S/C16H23NO/c18-16-10-4-7-13(16)11-17-15-9-3-6-12-5-1-2-8-14(12)15/h1-2,5,8,13,15-18H,3-4,6-7,9-11H2. The second-order valence-electron chi connectivity index (χ2n) is 5.81. The van der Waals surface area contributed by atoms with E-state index in [0.717, 1.165) is 13.0 Å². The molecule has 3 atom stereocenters. The van der Waals surface area contributed by atoms with E-state index < -0.39 is 0 Å². The molecule has 3 rings (SSSR count). The van der Waals surface area contributed by atoms with Crippen LogP contribution in [0.15, 0.2) is 24.3 Å². The van der Waals surface area contributed by atoms with Gasteiger partial charge in [0.15, 0.2) is 0 Å². The third-order valence-electron chi connectivity index (χ3n) is 4.61. The molecule has 1 fully saturated rings. The molecule has 2 nitrogen and oxygen atoms in total. The van der Waals surface area contributed by atoms with E-state index in [9.17, 15) is 5.11 Å². The van der Waals surface area contributed by atoms with Crippen molar-refractivity contribution >= 4 is 0 Å². The predicted molar refractivity (Wildman–Crippen MR) is 73.5 cm³/mol. The van der Waals surface area contributed by atoms with E-state index >= 15 is 0 Å². The molecular weight excluding hydrogens is 222 g/mol. The van der Waals surface area contributed by atoms with Crippen LogP contribution in [0, 0.1) is 5.92 Å². The molecule has 0 radical (unpaired) electrons. The van der Waals surface area contributed by atoms with Crippen molar-refractivity contribution in [3.05, 3.63) is 35.4 Å². The smallest absolute Gasteiger partial charge is 0.0580 e. The van der Waals surface area contributed by atoms with Gasteiger partial charge in [0.25, 0.3) is 0 Å². The maximum atomic E-state index is 9.87. The third-order valence-corrected chi connectivity index (χ3v) is 4.61. The molecule has 1 saturated carbocycles. The van der Waals surface area contributed by atoms with E-state index in [2.05, 4.69) is 29.6 Å². The minimum Gasteiger partial charge on any atom is -0.393 e. The van der Waals surface area contributed by atoms with Crippen LogP contribution in [0.25, 0.3) is 0 Å². The molecule has 0 bridgehead atoms. The van der Waals surface area contributed by atoms with Gasteiger partial charge in [-0.05, 0) is 49.1 Å². The molecular formula is C16H23NO. The fourth-order valence-corrected chi connectivity index (χ4v) is 3.51. The van der Waals surface area contributed by atoms with Gasteiger partial charge in [-0.3, -0.25) is 0 Å². The Hall–Kier alpha value is -0.860. The Labute approximate surface area is 109 Å². The summed E-state index contributed by atoms with van der Waals surface area (Å²) in [6.07, 6.45) is 7.03. The average Bonchev–Trinajstić information content (AvgIpc) is 2.82. The van der Waals surface area contributed by atoms with E-state index in [0.29, 0.717) is 12.0 Å². The highest BCUT2D eigenvalue weighted by molar-refractivity contribution is 5.32. The highest BCUT2D eigenvalue weighted by Gasteiger charge is 2.26. The van der Waals surface area contributed by atoms with E-state index in [1.54, 1.807) is 0 Å². The highest BCUT2D eigenvalue weighted by atomic mass is 16.3. The minimum atomic E-state index is -0.0728. The van der Waals surface area contributed by atoms with E-state index in [1.165, 1.54) is 43.2 Å². The zero-order valence-corrected chi connectivity index (χ0v) is 10.9. The lowest BCUT2D eigenvalue weighted by molar-refractivity contribution is 0.129. The van der Waals surface area contributed by atoms with Crippen molar-refractivity contribution in [2.45, 2.75) is 50.7 Å². The van der Waals surface area contributed by atoms with Crippen molar-refractivity contribution < 1.29 is 5.11 Å². The first kappa shape index (κ1) is 12.2. The van der Waals surface area contributed by atoms with Crippen LogP contribution in [0.1, 0.15) is 49.3 Å². The molecule has 0 aromatic heterocycles. The maximum Gasteiger partial charge on any atom is 0.0580 e. The van der Waals surface area contributed by atoms with Gasteiger partial charge in [0.1, 0.15) is 0 Å². The summed E-state index contributed by atoms with van der Waals surface area (Å²) in [6, 6.07) is 9.30. The molecule has 0 spiro atoms. The molecule has 0 heterocycles. The summed E-state index contributed by atoms with van der Waals surface area (Å²) in [5.41, 5.74) is 2.99. The van der Waals surface area contributed by atoms with Gasteiger partial charge in [-0.2, -0.15) is 0 Å². The van der Waals surface area contributed by atoms with Crippen LogP contribution in [0.3, 0.4) is 0 Å². The molecule has 2 aliphatic rings. The summed E-state index contributed by atoms with van der Waals surface area (Å²) in [6.45, 7) is 0.972. The summed E-state index contributed by atoms with van der Waals surface area (Å²) < 4.78 is 0. The van der Waals surface area contributed by atoms with Crippen molar-refractivity contribution in [2.24, 2.45) is 5.92 Å². The van der Waals surface area contributed by atoms with Crippen LogP contribution in [-0.4, -0.2) is 17.8 Å². The van der Waals surface area contributed by atoms with Gasteiger partial charge in [0.2, 0.25) is 0 Å². The van der Waals surface area contributed by atoms with E-state index in [4.69, 9.17) is 0 Å². The number of fused-ring (bicyclic) bond motifs is 1. The predicted octanol–water partition coefficient (Wildman–Crippen LogP) is 2.81. The Morgan fingerprint density at radius 1 is 1.11 bits per heavy atom. The minimum absolute atomic E-state index is 0.0728. The highest BCUT2D eigenvalue weighted by Crippen LogP contribution is 2.31. The van der Waals surface area contributed by atoms with Gasteiger partial charge >= 0.3 is 0 Å². The number of hydrogen-bond donors (Lipinski definition) is 2. The van der Waals surface area contributed by atoms with Gasteiger partial charge in [0.05, 0.1) is 6.10 Å². The second kappa shape index (κ2) is 5.41. The SMILES string of the molecule is OC1CCCC1CNC1CCCc2ccccc21. The Bertz CT molecular complexity index is 404. The van der Waals surface area contributed by atoms with E-state index in [-0.39, 0.29) is 6.10 Å². The first-order valence-corrected chi connectivity index (χ1v) is 7.34. The molecule has 0 amide bonds. The Balaban J connectivity index is 1.64. The van der Waals surface area contributed by atoms with Gasteiger partial charge < -0.3 is 10.4 Å². The molecule has 18 heavy (non-hydrogen) atoms. The summed E-state index contributed by atoms with van der Waals surface area (Å²) in [5.74, 6) is 0.471. The number of benzene rings is 1. The molecule has 3 unspecified atom stereocenters.